The van der Waals surface area contributed by atoms with Crippen LogP contribution in [0.4, 0.5) is 0 Å². The van der Waals surface area contributed by atoms with Gasteiger partial charge in [-0.3, -0.25) is 9.13 Å². The largest absolute Gasteiger partial charge is 0.278 e. The topological polar surface area (TPSA) is 48.5 Å². The predicted octanol–water partition coefficient (Wildman–Crippen LogP) is 14.4. The van der Waals surface area contributed by atoms with Crippen LogP contribution >= 0.6 is 0 Å². The number of rotatable bonds is 7. The minimum absolute atomic E-state index is 0.546. The van der Waals surface area contributed by atoms with Gasteiger partial charge in [-0.15, -0.1) is 0 Å². The van der Waals surface area contributed by atoms with Gasteiger partial charge < -0.3 is 0 Å². The number of benzene rings is 9. The number of nitrogens with zero attached hydrogens (tertiary/aromatic N) is 5. The van der Waals surface area contributed by atoms with Crippen molar-refractivity contribution in [3.8, 4) is 67.8 Å². The fourth-order valence-electron chi connectivity index (χ4n) is 9.08. The highest BCUT2D eigenvalue weighted by Crippen LogP contribution is 2.38. The molecule has 12 aromatic rings. The zero-order valence-electron chi connectivity index (χ0n) is 33.6. The Hall–Kier alpha value is -8.41. The van der Waals surface area contributed by atoms with Gasteiger partial charge in [0.2, 0.25) is 11.9 Å². The summed E-state index contributed by atoms with van der Waals surface area (Å²) in [7, 11) is 0. The van der Waals surface area contributed by atoms with Crippen LogP contribution in [0.15, 0.2) is 224 Å². The van der Waals surface area contributed by atoms with Crippen molar-refractivity contribution in [2.24, 2.45) is 0 Å². The third kappa shape index (κ3) is 5.98. The van der Waals surface area contributed by atoms with E-state index in [1.165, 1.54) is 16.7 Å². The summed E-state index contributed by atoms with van der Waals surface area (Å²) in [5.74, 6) is 1.68. The summed E-state index contributed by atoms with van der Waals surface area (Å²) in [6, 6.07) is 79.3. The van der Waals surface area contributed by atoms with Crippen molar-refractivity contribution in [2.45, 2.75) is 0 Å². The van der Waals surface area contributed by atoms with E-state index in [1.54, 1.807) is 0 Å². The van der Waals surface area contributed by atoms with Gasteiger partial charge in [-0.05, 0) is 68.8 Å². The van der Waals surface area contributed by atoms with E-state index in [0.29, 0.717) is 17.7 Å². The van der Waals surface area contributed by atoms with Crippen molar-refractivity contribution in [3.05, 3.63) is 224 Å². The fraction of sp³-hybridized carbons (Fsp3) is 0. The quantitative estimate of drug-likeness (QED) is 0.162. The van der Waals surface area contributed by atoms with Crippen LogP contribution in [-0.2, 0) is 0 Å². The van der Waals surface area contributed by atoms with Crippen LogP contribution in [-0.4, -0.2) is 24.1 Å². The normalized spacial score (nSPS) is 11.5. The Kier molecular flexibility index (Phi) is 8.42. The second-order valence-corrected chi connectivity index (χ2v) is 15.6. The first kappa shape index (κ1) is 35.5. The molecule has 9 aromatic carbocycles. The van der Waals surface area contributed by atoms with Crippen molar-refractivity contribution >= 4 is 43.6 Å². The van der Waals surface area contributed by atoms with Crippen LogP contribution in [0, 0.1) is 0 Å². The van der Waals surface area contributed by atoms with E-state index in [-0.39, 0.29) is 0 Å². The molecule has 0 radical (unpaired) electrons. The Morgan fingerprint density at radius 3 is 1.08 bits per heavy atom. The Labute approximate surface area is 358 Å². The van der Waals surface area contributed by atoms with Crippen molar-refractivity contribution < 1.29 is 0 Å². The first-order valence-electron chi connectivity index (χ1n) is 20.9. The van der Waals surface area contributed by atoms with E-state index in [1.807, 2.05) is 0 Å². The first-order valence-corrected chi connectivity index (χ1v) is 20.9. The minimum Gasteiger partial charge on any atom is -0.278 e. The van der Waals surface area contributed by atoms with E-state index < -0.39 is 0 Å². The SMILES string of the molecule is c1ccc(-c2ccc3c4ccccc4n(-c4nc(-c5ccc(-c6ccccc6-c6ccccc6)cc5)nc(-n5c6ccccc6c6ccc(-c7ccccc7)cc65)n4)c3c2)cc1. The molecule has 3 heterocycles. The van der Waals surface area contributed by atoms with Gasteiger partial charge in [0.05, 0.1) is 22.1 Å². The second-order valence-electron chi connectivity index (χ2n) is 15.6. The maximum Gasteiger partial charge on any atom is 0.240 e. The zero-order chi connectivity index (χ0) is 41.0. The van der Waals surface area contributed by atoms with Gasteiger partial charge in [-0.25, -0.2) is 0 Å². The molecule has 5 nitrogen and oxygen atoms in total. The van der Waals surface area contributed by atoms with Crippen LogP contribution < -0.4 is 0 Å². The lowest BCUT2D eigenvalue weighted by Crippen LogP contribution is -2.10. The third-order valence-corrected chi connectivity index (χ3v) is 12.0. The Morgan fingerprint density at radius 2 is 0.597 bits per heavy atom. The molecular formula is C57H37N5. The summed E-state index contributed by atoms with van der Waals surface area (Å²) in [6.45, 7) is 0. The summed E-state index contributed by atoms with van der Waals surface area (Å²) in [6.07, 6.45) is 0. The van der Waals surface area contributed by atoms with Gasteiger partial charge in [-0.2, -0.15) is 15.0 Å². The first-order chi connectivity index (χ1) is 30.7. The van der Waals surface area contributed by atoms with Crippen molar-refractivity contribution in [3.63, 3.8) is 0 Å². The van der Waals surface area contributed by atoms with Gasteiger partial charge in [0.25, 0.3) is 0 Å². The Bertz CT molecular complexity index is 3430. The van der Waals surface area contributed by atoms with Crippen molar-refractivity contribution in [1.82, 2.24) is 24.1 Å². The Balaban J connectivity index is 1.11. The van der Waals surface area contributed by atoms with E-state index in [2.05, 4.69) is 234 Å². The van der Waals surface area contributed by atoms with Gasteiger partial charge in [0, 0.05) is 27.1 Å². The summed E-state index contributed by atoms with van der Waals surface area (Å²) >= 11 is 0. The second kappa shape index (κ2) is 14.7. The van der Waals surface area contributed by atoms with E-state index >= 15 is 0 Å². The molecule has 12 rings (SSSR count). The average Bonchev–Trinajstić information content (AvgIpc) is 3.87. The summed E-state index contributed by atoms with van der Waals surface area (Å²) < 4.78 is 4.42. The highest BCUT2D eigenvalue weighted by Gasteiger charge is 2.21. The molecule has 0 atom stereocenters. The molecule has 0 unspecified atom stereocenters. The van der Waals surface area contributed by atoms with Crippen LogP contribution in [0.1, 0.15) is 0 Å². The highest BCUT2D eigenvalue weighted by atomic mass is 15.3. The molecule has 0 bridgehead atoms. The smallest absolute Gasteiger partial charge is 0.240 e. The maximum atomic E-state index is 5.46. The molecule has 0 saturated heterocycles. The molecule has 290 valence electrons. The summed E-state index contributed by atoms with van der Waals surface area (Å²) in [5.41, 5.74) is 14.2. The number of hydrogen-bond acceptors (Lipinski definition) is 3. The monoisotopic (exact) mass is 791 g/mol. The predicted molar refractivity (Wildman–Crippen MR) is 256 cm³/mol. The molecule has 0 saturated carbocycles. The highest BCUT2D eigenvalue weighted by molar-refractivity contribution is 6.11. The van der Waals surface area contributed by atoms with Crippen LogP contribution in [0.5, 0.6) is 0 Å². The van der Waals surface area contributed by atoms with Gasteiger partial charge in [-0.1, -0.05) is 200 Å². The van der Waals surface area contributed by atoms with Crippen LogP contribution in [0.25, 0.3) is 111 Å². The zero-order valence-corrected chi connectivity index (χ0v) is 33.6. The number of hydrogen-bond donors (Lipinski definition) is 0. The third-order valence-electron chi connectivity index (χ3n) is 12.0. The molecule has 3 aromatic heterocycles. The lowest BCUT2D eigenvalue weighted by Gasteiger charge is -2.14. The number of fused-ring (bicyclic) bond motifs is 6. The van der Waals surface area contributed by atoms with E-state index in [4.69, 9.17) is 15.0 Å². The molecule has 5 heteroatoms. The molecule has 0 aliphatic heterocycles. The summed E-state index contributed by atoms with van der Waals surface area (Å²) in [4.78, 5) is 16.2. The lowest BCUT2D eigenvalue weighted by molar-refractivity contribution is 0.893. The summed E-state index contributed by atoms with van der Waals surface area (Å²) in [5, 5.41) is 4.54. The average molecular weight is 792 g/mol. The molecule has 0 spiro atoms. The maximum absolute atomic E-state index is 5.46. The van der Waals surface area contributed by atoms with E-state index in [9.17, 15) is 0 Å². The molecule has 0 aliphatic rings. The Morgan fingerprint density at radius 1 is 0.242 bits per heavy atom. The fourth-order valence-corrected chi connectivity index (χ4v) is 9.08. The lowest BCUT2D eigenvalue weighted by atomic mass is 9.94. The van der Waals surface area contributed by atoms with Crippen molar-refractivity contribution in [1.29, 1.82) is 0 Å². The molecule has 0 amide bonds. The van der Waals surface area contributed by atoms with Crippen molar-refractivity contribution in [2.75, 3.05) is 0 Å². The standard InChI is InChI=1S/C57H37N5/c1-4-16-38(17-5-1)43-32-34-49-47-24-12-14-26-51(47)61(53(49)36-43)56-58-55(42-30-28-41(29-31-42)46-23-11-10-22-45(46)40-20-8-3-9-21-40)59-57(60-56)62-52-27-15-13-25-48(52)50-35-33-44(37-54(50)62)39-18-6-2-7-19-39/h1-37H. The molecular weight excluding hydrogens is 755 g/mol. The van der Waals surface area contributed by atoms with Gasteiger partial charge in [0.15, 0.2) is 5.82 Å². The molecule has 62 heavy (non-hydrogen) atoms. The molecule has 0 fully saturated rings. The van der Waals surface area contributed by atoms with Gasteiger partial charge >= 0.3 is 0 Å². The van der Waals surface area contributed by atoms with Crippen LogP contribution in [0.3, 0.4) is 0 Å². The van der Waals surface area contributed by atoms with Crippen LogP contribution in [0.2, 0.25) is 0 Å². The molecule has 0 N–H and O–H groups in total. The van der Waals surface area contributed by atoms with Gasteiger partial charge in [0.1, 0.15) is 0 Å². The minimum atomic E-state index is 0.546. The number of para-hydroxylation sites is 2. The molecule has 0 aliphatic carbocycles. The van der Waals surface area contributed by atoms with E-state index in [0.717, 1.165) is 77.0 Å². The number of aromatic nitrogens is 5.